The standard InChI is InChI=1S/C27H31N3O4S/c1-18-16-22(35(33,34)29(3)4)17-25(19(18)2)28-26(31)21-12-14-30(15-13-21)27(32)24-11-7-9-20-8-5-6-10-23(20)24/h5-11,16-17,21H,12-15H2,1-4H3,(H,28,31). The van der Waals surface area contributed by atoms with Gasteiger partial charge >= 0.3 is 0 Å². The van der Waals surface area contributed by atoms with Gasteiger partial charge in [-0.25, -0.2) is 12.7 Å². The second-order valence-corrected chi connectivity index (χ2v) is 11.4. The summed E-state index contributed by atoms with van der Waals surface area (Å²) in [6, 6.07) is 16.7. The minimum absolute atomic E-state index is 0.0197. The van der Waals surface area contributed by atoms with E-state index < -0.39 is 10.0 Å². The molecule has 1 aliphatic rings. The molecule has 1 heterocycles. The van der Waals surface area contributed by atoms with Crippen molar-refractivity contribution in [1.82, 2.24) is 9.21 Å². The summed E-state index contributed by atoms with van der Waals surface area (Å²) in [4.78, 5) is 28.2. The van der Waals surface area contributed by atoms with Gasteiger partial charge in [-0.3, -0.25) is 9.59 Å². The summed E-state index contributed by atoms with van der Waals surface area (Å²) in [7, 11) is -0.656. The largest absolute Gasteiger partial charge is 0.339 e. The highest BCUT2D eigenvalue weighted by Gasteiger charge is 2.29. The van der Waals surface area contributed by atoms with E-state index in [-0.39, 0.29) is 22.6 Å². The van der Waals surface area contributed by atoms with Gasteiger partial charge in [0.2, 0.25) is 15.9 Å². The lowest BCUT2D eigenvalue weighted by Crippen LogP contribution is -2.41. The van der Waals surface area contributed by atoms with E-state index >= 15 is 0 Å². The summed E-state index contributed by atoms with van der Waals surface area (Å²) in [6.07, 6.45) is 1.10. The number of nitrogens with zero attached hydrogens (tertiary/aromatic N) is 2. The number of carbonyl (C=O) groups is 2. The van der Waals surface area contributed by atoms with Gasteiger partial charge < -0.3 is 10.2 Å². The topological polar surface area (TPSA) is 86.8 Å². The minimum atomic E-state index is -3.62. The molecule has 3 aromatic carbocycles. The molecule has 0 spiro atoms. The molecule has 2 amide bonds. The van der Waals surface area contributed by atoms with Crippen molar-refractivity contribution in [1.29, 1.82) is 0 Å². The SMILES string of the molecule is Cc1cc(S(=O)(=O)N(C)C)cc(NC(=O)C2CCN(C(=O)c3cccc4ccccc34)CC2)c1C. The molecule has 35 heavy (non-hydrogen) atoms. The molecular weight excluding hydrogens is 462 g/mol. The number of benzene rings is 3. The van der Waals surface area contributed by atoms with Gasteiger partial charge in [0.25, 0.3) is 5.91 Å². The lowest BCUT2D eigenvalue weighted by Gasteiger charge is -2.32. The number of anilines is 1. The van der Waals surface area contributed by atoms with E-state index in [0.29, 0.717) is 37.2 Å². The summed E-state index contributed by atoms with van der Waals surface area (Å²) in [6.45, 7) is 4.68. The molecule has 7 nitrogen and oxygen atoms in total. The molecule has 1 saturated heterocycles. The first-order valence-corrected chi connectivity index (χ1v) is 13.2. The first-order chi connectivity index (χ1) is 16.6. The molecule has 0 aliphatic carbocycles. The van der Waals surface area contributed by atoms with Crippen LogP contribution in [-0.2, 0) is 14.8 Å². The van der Waals surface area contributed by atoms with Gasteiger partial charge in [-0.05, 0) is 66.8 Å². The molecular formula is C27H31N3O4S. The molecule has 4 rings (SSSR count). The predicted octanol–water partition coefficient (Wildman–Crippen LogP) is 4.20. The Morgan fingerprint density at radius 3 is 2.31 bits per heavy atom. The van der Waals surface area contributed by atoms with Crippen LogP contribution in [0.3, 0.4) is 0 Å². The second kappa shape index (κ2) is 9.79. The molecule has 0 radical (unpaired) electrons. The predicted molar refractivity (Wildman–Crippen MR) is 138 cm³/mol. The van der Waals surface area contributed by atoms with Crippen LogP contribution in [0.2, 0.25) is 0 Å². The summed E-state index contributed by atoms with van der Waals surface area (Å²) in [5.74, 6) is -0.418. The van der Waals surface area contributed by atoms with Crippen molar-refractivity contribution in [2.45, 2.75) is 31.6 Å². The number of sulfonamides is 1. The van der Waals surface area contributed by atoms with E-state index in [1.165, 1.54) is 20.2 Å². The van der Waals surface area contributed by atoms with Gasteiger partial charge in [0.05, 0.1) is 4.90 Å². The lowest BCUT2D eigenvalue weighted by molar-refractivity contribution is -0.121. The van der Waals surface area contributed by atoms with Crippen LogP contribution < -0.4 is 5.32 Å². The van der Waals surface area contributed by atoms with Gasteiger partial charge in [0, 0.05) is 44.4 Å². The number of carbonyl (C=O) groups excluding carboxylic acids is 2. The zero-order chi connectivity index (χ0) is 25.3. The van der Waals surface area contributed by atoms with Gasteiger partial charge in [-0.2, -0.15) is 0 Å². The minimum Gasteiger partial charge on any atom is -0.339 e. The fraction of sp³-hybridized carbons (Fsp3) is 0.333. The molecule has 0 saturated carbocycles. The number of likely N-dealkylation sites (tertiary alicyclic amines) is 1. The Morgan fingerprint density at radius 1 is 0.971 bits per heavy atom. The van der Waals surface area contributed by atoms with Crippen molar-refractivity contribution in [3.8, 4) is 0 Å². The van der Waals surface area contributed by atoms with Gasteiger partial charge in [-0.15, -0.1) is 0 Å². The Morgan fingerprint density at radius 2 is 1.63 bits per heavy atom. The van der Waals surface area contributed by atoms with Crippen LogP contribution >= 0.6 is 0 Å². The van der Waals surface area contributed by atoms with Crippen molar-refractivity contribution in [3.63, 3.8) is 0 Å². The maximum atomic E-state index is 13.2. The highest BCUT2D eigenvalue weighted by Crippen LogP contribution is 2.28. The normalized spacial score (nSPS) is 14.9. The van der Waals surface area contributed by atoms with Crippen LogP contribution in [0, 0.1) is 19.8 Å². The number of rotatable bonds is 5. The molecule has 1 N–H and O–H groups in total. The molecule has 1 fully saturated rings. The van der Waals surface area contributed by atoms with Crippen molar-refractivity contribution in [3.05, 3.63) is 71.3 Å². The third-order valence-electron chi connectivity index (χ3n) is 6.85. The van der Waals surface area contributed by atoms with E-state index in [4.69, 9.17) is 0 Å². The third kappa shape index (κ3) is 4.94. The van der Waals surface area contributed by atoms with Crippen LogP contribution in [-0.4, -0.2) is 56.6 Å². The fourth-order valence-corrected chi connectivity index (χ4v) is 5.49. The van der Waals surface area contributed by atoms with Gasteiger partial charge in [-0.1, -0.05) is 36.4 Å². The number of fused-ring (bicyclic) bond motifs is 1. The Hall–Kier alpha value is -3.23. The van der Waals surface area contributed by atoms with Crippen LogP contribution in [0.15, 0.2) is 59.5 Å². The smallest absolute Gasteiger partial charge is 0.254 e. The maximum Gasteiger partial charge on any atom is 0.254 e. The number of amides is 2. The Bertz CT molecular complexity index is 1390. The van der Waals surface area contributed by atoms with Crippen LogP contribution in [0.5, 0.6) is 0 Å². The Balaban J connectivity index is 1.45. The zero-order valence-electron chi connectivity index (χ0n) is 20.5. The number of aryl methyl sites for hydroxylation is 1. The van der Waals surface area contributed by atoms with E-state index in [2.05, 4.69) is 5.32 Å². The second-order valence-electron chi connectivity index (χ2n) is 9.28. The number of nitrogens with one attached hydrogen (secondary N) is 1. The van der Waals surface area contributed by atoms with E-state index in [0.717, 1.165) is 26.2 Å². The van der Waals surface area contributed by atoms with Crippen LogP contribution in [0.4, 0.5) is 5.69 Å². The molecule has 184 valence electrons. The van der Waals surface area contributed by atoms with Crippen LogP contribution in [0.1, 0.15) is 34.3 Å². The van der Waals surface area contributed by atoms with Crippen LogP contribution in [0.25, 0.3) is 10.8 Å². The van der Waals surface area contributed by atoms with Gasteiger partial charge in [0.15, 0.2) is 0 Å². The zero-order valence-corrected chi connectivity index (χ0v) is 21.4. The summed E-state index contributed by atoms with van der Waals surface area (Å²) >= 11 is 0. The summed E-state index contributed by atoms with van der Waals surface area (Å²) < 4.78 is 26.4. The number of piperidine rings is 1. The molecule has 0 atom stereocenters. The Labute approximate surface area is 206 Å². The maximum absolute atomic E-state index is 13.2. The van der Waals surface area contributed by atoms with Crippen molar-refractivity contribution in [2.24, 2.45) is 5.92 Å². The van der Waals surface area contributed by atoms with Crippen molar-refractivity contribution in [2.75, 3.05) is 32.5 Å². The highest BCUT2D eigenvalue weighted by atomic mass is 32.2. The summed E-state index contributed by atoms with van der Waals surface area (Å²) in [5.41, 5.74) is 2.80. The third-order valence-corrected chi connectivity index (χ3v) is 8.64. The fourth-order valence-electron chi connectivity index (χ4n) is 4.48. The lowest BCUT2D eigenvalue weighted by atomic mass is 9.94. The van der Waals surface area contributed by atoms with E-state index in [1.54, 1.807) is 6.07 Å². The van der Waals surface area contributed by atoms with E-state index in [9.17, 15) is 18.0 Å². The molecule has 8 heteroatoms. The molecule has 0 bridgehead atoms. The number of hydrogen-bond donors (Lipinski definition) is 1. The monoisotopic (exact) mass is 493 g/mol. The van der Waals surface area contributed by atoms with Gasteiger partial charge in [0.1, 0.15) is 0 Å². The average molecular weight is 494 g/mol. The molecule has 3 aromatic rings. The molecule has 0 aromatic heterocycles. The summed E-state index contributed by atoms with van der Waals surface area (Å²) in [5, 5.41) is 4.90. The Kier molecular flexibility index (Phi) is 6.96. The van der Waals surface area contributed by atoms with Crippen molar-refractivity contribution >= 4 is 38.3 Å². The molecule has 0 unspecified atom stereocenters. The van der Waals surface area contributed by atoms with E-state index in [1.807, 2.05) is 61.2 Å². The first-order valence-electron chi connectivity index (χ1n) is 11.7. The number of hydrogen-bond acceptors (Lipinski definition) is 4. The first kappa shape index (κ1) is 24.9. The quantitative estimate of drug-likeness (QED) is 0.577. The average Bonchev–Trinajstić information content (AvgIpc) is 2.85. The van der Waals surface area contributed by atoms with Crippen molar-refractivity contribution < 1.29 is 18.0 Å². The molecule has 1 aliphatic heterocycles. The highest BCUT2D eigenvalue weighted by molar-refractivity contribution is 7.89.